The lowest BCUT2D eigenvalue weighted by Gasteiger charge is -1.99. The lowest BCUT2D eigenvalue weighted by Crippen LogP contribution is -2.13. The molecule has 0 saturated carbocycles. The zero-order valence-corrected chi connectivity index (χ0v) is 10.9. The molecule has 0 atom stereocenters. The molecule has 0 aromatic carbocycles. The van der Waals surface area contributed by atoms with Crippen molar-refractivity contribution in [1.82, 2.24) is 0 Å². The van der Waals surface area contributed by atoms with Crippen LogP contribution in [-0.4, -0.2) is 23.4 Å². The second kappa shape index (κ2) is 11.0. The van der Waals surface area contributed by atoms with Gasteiger partial charge in [0.25, 0.3) is 0 Å². The van der Waals surface area contributed by atoms with Crippen LogP contribution in [0.3, 0.4) is 0 Å². The van der Waals surface area contributed by atoms with Gasteiger partial charge < -0.3 is 11.5 Å². The second-order valence-corrected chi connectivity index (χ2v) is 4.76. The Kier molecular flexibility index (Phi) is 10.6. The monoisotopic (exact) mass is 245 g/mol. The summed E-state index contributed by atoms with van der Waals surface area (Å²) in [5.41, 5.74) is 10.9. The molecular weight excluding hydrogens is 222 g/mol. The largest absolute Gasteiger partial charge is 0.378 e. The molecule has 0 rings (SSSR count). The van der Waals surface area contributed by atoms with Crippen molar-refractivity contribution in [3.63, 3.8) is 0 Å². The van der Waals surface area contributed by atoms with Crippen molar-refractivity contribution in [2.75, 3.05) is 12.3 Å². The van der Waals surface area contributed by atoms with E-state index in [1.54, 1.807) is 0 Å². The zero-order valence-electron chi connectivity index (χ0n) is 10.1. The van der Waals surface area contributed by atoms with E-state index in [4.69, 9.17) is 11.5 Å². The standard InChI is InChI=1S/C11H23N3OS/c1-2-3-4-5-6-7-10(15)14-11(13)16-9-8-12/h2-9,12H2,1H3,(H2,13,14,15). The zero-order chi connectivity index (χ0) is 12.2. The van der Waals surface area contributed by atoms with Gasteiger partial charge in [0.05, 0.1) is 0 Å². The maximum Gasteiger partial charge on any atom is 0.248 e. The highest BCUT2D eigenvalue weighted by molar-refractivity contribution is 8.13. The first-order valence-corrected chi connectivity index (χ1v) is 6.89. The van der Waals surface area contributed by atoms with E-state index < -0.39 is 0 Å². The number of hydrogen-bond donors (Lipinski definition) is 2. The molecule has 0 aliphatic rings. The second-order valence-electron chi connectivity index (χ2n) is 3.65. The van der Waals surface area contributed by atoms with Crippen LogP contribution in [0.25, 0.3) is 0 Å². The number of thioether (sulfide) groups is 1. The molecule has 4 N–H and O–H groups in total. The summed E-state index contributed by atoms with van der Waals surface area (Å²) in [7, 11) is 0. The molecule has 4 nitrogen and oxygen atoms in total. The number of nitrogens with two attached hydrogens (primary N) is 2. The van der Waals surface area contributed by atoms with Crippen molar-refractivity contribution in [3.05, 3.63) is 0 Å². The predicted molar refractivity (Wildman–Crippen MR) is 71.5 cm³/mol. The maximum atomic E-state index is 11.3. The number of unbranched alkanes of at least 4 members (excludes halogenated alkanes) is 4. The van der Waals surface area contributed by atoms with Crippen molar-refractivity contribution in [3.8, 4) is 0 Å². The number of amidine groups is 1. The van der Waals surface area contributed by atoms with E-state index in [1.165, 1.54) is 31.0 Å². The molecule has 0 bridgehead atoms. The quantitative estimate of drug-likeness (QED) is 0.388. The van der Waals surface area contributed by atoms with Crippen LogP contribution in [0, 0.1) is 0 Å². The van der Waals surface area contributed by atoms with Gasteiger partial charge in [0, 0.05) is 18.7 Å². The third-order valence-electron chi connectivity index (χ3n) is 2.10. The summed E-state index contributed by atoms with van der Waals surface area (Å²) in [6.45, 7) is 2.72. The highest BCUT2D eigenvalue weighted by Gasteiger charge is 2.01. The molecule has 0 spiro atoms. The van der Waals surface area contributed by atoms with Gasteiger partial charge in [-0.05, 0) is 6.42 Å². The van der Waals surface area contributed by atoms with Gasteiger partial charge in [-0.2, -0.15) is 4.99 Å². The van der Waals surface area contributed by atoms with Gasteiger partial charge in [-0.3, -0.25) is 4.79 Å². The number of carbonyl (C=O) groups excluding carboxylic acids is 1. The van der Waals surface area contributed by atoms with Gasteiger partial charge in [-0.15, -0.1) is 0 Å². The lowest BCUT2D eigenvalue weighted by molar-refractivity contribution is -0.117. The van der Waals surface area contributed by atoms with Crippen LogP contribution in [-0.2, 0) is 4.79 Å². The average Bonchev–Trinajstić information content (AvgIpc) is 2.26. The Morgan fingerprint density at radius 2 is 1.94 bits per heavy atom. The predicted octanol–water partition coefficient (Wildman–Crippen LogP) is 1.88. The highest BCUT2D eigenvalue weighted by atomic mass is 32.2. The Bertz CT molecular complexity index is 219. The van der Waals surface area contributed by atoms with Crippen LogP contribution in [0.15, 0.2) is 4.99 Å². The molecule has 0 aliphatic carbocycles. The van der Waals surface area contributed by atoms with Crippen molar-refractivity contribution in [1.29, 1.82) is 0 Å². The fraction of sp³-hybridized carbons (Fsp3) is 0.818. The van der Waals surface area contributed by atoms with E-state index in [2.05, 4.69) is 11.9 Å². The summed E-state index contributed by atoms with van der Waals surface area (Å²) in [6, 6.07) is 0. The van der Waals surface area contributed by atoms with Gasteiger partial charge in [-0.1, -0.05) is 44.4 Å². The van der Waals surface area contributed by atoms with Gasteiger partial charge in [0.1, 0.15) is 0 Å². The lowest BCUT2D eigenvalue weighted by atomic mass is 10.1. The molecule has 1 amide bonds. The molecule has 0 unspecified atom stereocenters. The normalized spacial score (nSPS) is 11.8. The Balaban J connectivity index is 3.56. The van der Waals surface area contributed by atoms with Crippen LogP contribution < -0.4 is 11.5 Å². The Labute approximate surface area is 102 Å². The number of rotatable bonds is 8. The van der Waals surface area contributed by atoms with E-state index in [0.717, 1.165) is 12.8 Å². The fourth-order valence-electron chi connectivity index (χ4n) is 1.25. The molecule has 0 radical (unpaired) electrons. The van der Waals surface area contributed by atoms with Crippen LogP contribution in [0.2, 0.25) is 0 Å². The maximum absolute atomic E-state index is 11.3. The number of carbonyl (C=O) groups is 1. The molecule has 94 valence electrons. The van der Waals surface area contributed by atoms with E-state index >= 15 is 0 Å². The summed E-state index contributed by atoms with van der Waals surface area (Å²) in [5.74, 6) is 0.595. The smallest absolute Gasteiger partial charge is 0.248 e. The highest BCUT2D eigenvalue weighted by Crippen LogP contribution is 2.06. The Morgan fingerprint density at radius 1 is 1.25 bits per heavy atom. The third-order valence-corrected chi connectivity index (χ3v) is 2.92. The molecule has 0 aromatic heterocycles. The number of hydrogen-bond acceptors (Lipinski definition) is 3. The van der Waals surface area contributed by atoms with Gasteiger partial charge in [0.2, 0.25) is 5.91 Å². The van der Waals surface area contributed by atoms with Crippen molar-refractivity contribution < 1.29 is 4.79 Å². The van der Waals surface area contributed by atoms with Crippen LogP contribution in [0.5, 0.6) is 0 Å². The first-order chi connectivity index (χ1) is 7.70. The van der Waals surface area contributed by atoms with Crippen LogP contribution in [0.1, 0.15) is 45.4 Å². The Morgan fingerprint density at radius 3 is 2.56 bits per heavy atom. The third kappa shape index (κ3) is 9.98. The number of aliphatic imine (C=N–C) groups is 1. The summed E-state index contributed by atoms with van der Waals surface area (Å²) < 4.78 is 0. The van der Waals surface area contributed by atoms with Crippen molar-refractivity contribution >= 4 is 22.8 Å². The van der Waals surface area contributed by atoms with Gasteiger partial charge >= 0.3 is 0 Å². The topological polar surface area (TPSA) is 81.5 Å². The molecule has 16 heavy (non-hydrogen) atoms. The first-order valence-electron chi connectivity index (χ1n) is 5.90. The molecule has 0 fully saturated rings. The minimum atomic E-state index is -0.112. The van der Waals surface area contributed by atoms with Gasteiger partial charge in [-0.25, -0.2) is 0 Å². The molecular formula is C11H23N3OS. The minimum Gasteiger partial charge on any atom is -0.378 e. The van der Waals surface area contributed by atoms with Crippen LogP contribution in [0.4, 0.5) is 0 Å². The number of amides is 1. The summed E-state index contributed by atoms with van der Waals surface area (Å²) in [6.07, 6.45) is 6.18. The van der Waals surface area contributed by atoms with E-state index in [0.29, 0.717) is 23.9 Å². The molecule has 0 saturated heterocycles. The molecule has 0 aliphatic heterocycles. The average molecular weight is 245 g/mol. The summed E-state index contributed by atoms with van der Waals surface area (Å²) in [5, 5.41) is 0.337. The van der Waals surface area contributed by atoms with Gasteiger partial charge in [0.15, 0.2) is 5.17 Å². The van der Waals surface area contributed by atoms with E-state index in [-0.39, 0.29) is 5.91 Å². The molecule has 0 heterocycles. The summed E-state index contributed by atoms with van der Waals surface area (Å²) in [4.78, 5) is 15.1. The van der Waals surface area contributed by atoms with E-state index in [9.17, 15) is 4.79 Å². The number of nitrogens with zero attached hydrogens (tertiary/aromatic N) is 1. The molecule has 5 heteroatoms. The minimum absolute atomic E-state index is 0.112. The van der Waals surface area contributed by atoms with Crippen LogP contribution >= 0.6 is 11.8 Å². The van der Waals surface area contributed by atoms with Crippen molar-refractivity contribution in [2.45, 2.75) is 45.4 Å². The fourth-order valence-corrected chi connectivity index (χ4v) is 1.75. The summed E-state index contributed by atoms with van der Waals surface area (Å²) >= 11 is 1.33. The molecule has 0 aromatic rings. The van der Waals surface area contributed by atoms with E-state index in [1.807, 2.05) is 0 Å². The van der Waals surface area contributed by atoms with Crippen molar-refractivity contribution in [2.24, 2.45) is 16.5 Å². The first kappa shape index (κ1) is 15.4. The SMILES string of the molecule is CCCCCCCC(=O)N=C(N)SCCN. The Hall–Kier alpha value is -0.550.